The van der Waals surface area contributed by atoms with Gasteiger partial charge < -0.3 is 9.79 Å². The molecule has 2 aromatic heterocycles. The average Bonchev–Trinajstić information content (AvgIpc) is 2.54. The lowest BCUT2D eigenvalue weighted by molar-refractivity contribution is -0.617. The first kappa shape index (κ1) is 9.60. The third-order valence-corrected chi connectivity index (χ3v) is 3.78. The highest BCUT2D eigenvalue weighted by atomic mass is 32.1. The van der Waals surface area contributed by atoms with Crippen molar-refractivity contribution in [2.75, 3.05) is 5.84 Å². The van der Waals surface area contributed by atoms with Gasteiger partial charge in [0.15, 0.2) is 0 Å². The van der Waals surface area contributed by atoms with Gasteiger partial charge in [-0.3, -0.25) is 10.4 Å². The van der Waals surface area contributed by atoms with E-state index in [1.54, 1.807) is 6.92 Å². The Bertz CT molecular complexity index is 540. The Kier molecular flexibility index (Phi) is 1.90. The van der Waals surface area contributed by atoms with E-state index >= 15 is 0 Å². The number of aromatic nitrogens is 3. The van der Waals surface area contributed by atoms with Crippen molar-refractivity contribution in [2.45, 2.75) is 6.92 Å². The second-order valence-electron chi connectivity index (χ2n) is 2.75. The van der Waals surface area contributed by atoms with E-state index in [-0.39, 0.29) is 5.44 Å². The van der Waals surface area contributed by atoms with Crippen LogP contribution in [0.25, 0.3) is 4.96 Å². The predicted molar refractivity (Wildman–Crippen MR) is 49.8 cm³/mol. The van der Waals surface area contributed by atoms with E-state index in [2.05, 4.69) is 5.10 Å². The van der Waals surface area contributed by atoms with E-state index in [0.29, 0.717) is 10.8 Å². The number of thiazole rings is 1. The molecule has 14 heavy (non-hydrogen) atoms. The average molecular weight is 235 g/mol. The first-order valence-electron chi connectivity index (χ1n) is 3.61. The Morgan fingerprint density at radius 1 is 1.71 bits per heavy atom. The summed E-state index contributed by atoms with van der Waals surface area (Å²) in [5.41, 5.74) is -0.134. The van der Waals surface area contributed by atoms with Crippen molar-refractivity contribution in [2.24, 2.45) is 0 Å². The smallest absolute Gasteiger partial charge is 0.319 e. The van der Waals surface area contributed by atoms with Gasteiger partial charge in [-0.2, -0.15) is 0 Å². The van der Waals surface area contributed by atoms with Gasteiger partial charge in [0, 0.05) is 17.4 Å². The van der Waals surface area contributed by atoms with E-state index in [1.807, 2.05) is 0 Å². The Hall–Kier alpha value is -0.950. The minimum Gasteiger partial charge on any atom is -0.319 e. The van der Waals surface area contributed by atoms with E-state index in [9.17, 15) is 4.57 Å². The zero-order valence-electron chi connectivity index (χ0n) is 7.15. The van der Waals surface area contributed by atoms with Crippen LogP contribution in [0.15, 0.2) is 5.38 Å². The summed E-state index contributed by atoms with van der Waals surface area (Å²) < 4.78 is 13.5. The van der Waals surface area contributed by atoms with Gasteiger partial charge in [0.2, 0.25) is 5.44 Å². The van der Waals surface area contributed by atoms with Gasteiger partial charge in [-0.25, -0.2) is 0 Å². The Morgan fingerprint density at radius 3 is 2.93 bits per heavy atom. The van der Waals surface area contributed by atoms with E-state index in [4.69, 9.17) is 15.6 Å². The summed E-state index contributed by atoms with van der Waals surface area (Å²) in [5.74, 6) is 6.08. The summed E-state index contributed by atoms with van der Waals surface area (Å²) in [6.07, 6.45) is 0. The molecule has 9 heteroatoms. The summed E-state index contributed by atoms with van der Waals surface area (Å²) in [4.78, 5) is 18.5. The number of nitrogen functional groups attached to an aromatic ring is 1. The van der Waals surface area contributed by atoms with Crippen molar-refractivity contribution in [3.8, 4) is 0 Å². The van der Waals surface area contributed by atoms with Crippen LogP contribution in [0.4, 0.5) is 0 Å². The van der Waals surface area contributed by atoms with Crippen molar-refractivity contribution < 1.29 is 19.0 Å². The van der Waals surface area contributed by atoms with Gasteiger partial charge in [-0.05, 0) is 0 Å². The van der Waals surface area contributed by atoms with Gasteiger partial charge >= 0.3 is 12.6 Å². The third kappa shape index (κ3) is 1.24. The molecule has 0 radical (unpaired) electrons. The van der Waals surface area contributed by atoms with Crippen LogP contribution in [0, 0.1) is 6.92 Å². The number of hydrogen-bond donors (Lipinski definition) is 3. The molecule has 2 heterocycles. The SMILES string of the molecule is Cc1nn2c(P(=O)(O)O)csc2[n+]1N. The summed E-state index contributed by atoms with van der Waals surface area (Å²) in [5, 5.41) is 5.27. The van der Waals surface area contributed by atoms with Crippen LogP contribution in [0.3, 0.4) is 0 Å². The number of hydrogen-bond acceptors (Lipinski definition) is 4. The third-order valence-electron chi connectivity index (χ3n) is 1.77. The second kappa shape index (κ2) is 2.77. The summed E-state index contributed by atoms with van der Waals surface area (Å²) in [7, 11) is -4.28. The molecular weight excluding hydrogens is 227 g/mol. The van der Waals surface area contributed by atoms with Gasteiger partial charge in [-0.1, -0.05) is 15.9 Å². The molecule has 0 bridgehead atoms. The van der Waals surface area contributed by atoms with E-state index in [0.717, 1.165) is 11.3 Å². The molecule has 7 nitrogen and oxygen atoms in total. The zero-order chi connectivity index (χ0) is 10.5. The number of aryl methyl sites for hydroxylation is 1. The number of nitrogens with two attached hydrogens (primary N) is 1. The fourth-order valence-electron chi connectivity index (χ4n) is 1.08. The van der Waals surface area contributed by atoms with Gasteiger partial charge in [0.05, 0.1) is 0 Å². The minimum atomic E-state index is -4.28. The molecule has 0 fully saturated rings. The van der Waals surface area contributed by atoms with Crippen LogP contribution in [-0.4, -0.2) is 19.4 Å². The highest BCUT2D eigenvalue weighted by Gasteiger charge is 2.31. The quantitative estimate of drug-likeness (QED) is 0.317. The maximum Gasteiger partial charge on any atom is 0.392 e. The monoisotopic (exact) mass is 235 g/mol. The molecule has 0 unspecified atom stereocenters. The van der Waals surface area contributed by atoms with Crippen molar-refractivity contribution in [3.63, 3.8) is 0 Å². The van der Waals surface area contributed by atoms with Crippen LogP contribution >= 0.6 is 18.9 Å². The minimum absolute atomic E-state index is 0.134. The summed E-state index contributed by atoms with van der Waals surface area (Å²) >= 11 is 1.13. The number of nitrogens with zero attached hydrogens (tertiary/aromatic N) is 3. The maximum atomic E-state index is 11.0. The van der Waals surface area contributed by atoms with Crippen molar-refractivity contribution in [1.82, 2.24) is 9.61 Å². The van der Waals surface area contributed by atoms with Gasteiger partial charge in [0.1, 0.15) is 0 Å². The molecule has 0 atom stereocenters. The topological polar surface area (TPSA) is 105 Å². The van der Waals surface area contributed by atoms with Crippen LogP contribution in [0.5, 0.6) is 0 Å². The highest BCUT2D eigenvalue weighted by Crippen LogP contribution is 2.34. The molecule has 0 saturated heterocycles. The summed E-state index contributed by atoms with van der Waals surface area (Å²) in [6.45, 7) is 1.66. The molecule has 0 aliphatic heterocycles. The number of fused-ring (bicyclic) bond motifs is 1. The van der Waals surface area contributed by atoms with Crippen LogP contribution in [0.1, 0.15) is 5.82 Å². The lowest BCUT2D eigenvalue weighted by Crippen LogP contribution is -2.45. The highest BCUT2D eigenvalue weighted by molar-refractivity contribution is 7.60. The Morgan fingerprint density at radius 2 is 2.36 bits per heavy atom. The molecule has 0 aliphatic rings. The molecule has 2 aromatic rings. The predicted octanol–water partition coefficient (Wildman–Crippen LogP) is -1.49. The molecule has 0 amide bonds. The Balaban J connectivity index is 2.82. The maximum absolute atomic E-state index is 11.0. The Labute approximate surface area is 82.5 Å². The lowest BCUT2D eigenvalue weighted by atomic mass is 10.7. The van der Waals surface area contributed by atoms with Gasteiger partial charge in [0.25, 0.3) is 5.82 Å². The largest absolute Gasteiger partial charge is 0.392 e. The van der Waals surface area contributed by atoms with Crippen molar-refractivity contribution >= 4 is 29.3 Å². The van der Waals surface area contributed by atoms with E-state index in [1.165, 1.54) is 14.6 Å². The normalized spacial score (nSPS) is 12.5. The van der Waals surface area contributed by atoms with Gasteiger partial charge in [-0.15, -0.1) is 4.68 Å². The van der Waals surface area contributed by atoms with Crippen LogP contribution < -0.4 is 16.0 Å². The standard InChI is InChI=1S/C5H7N4O3PS/c1-3-7-9-4(13(10,11)12)2-14-5(9)8(3)6/h2H,6H2,1H3,(H-,10,11,12)/p+1. The first-order chi connectivity index (χ1) is 6.41. The molecule has 4 N–H and O–H groups in total. The summed E-state index contributed by atoms with van der Waals surface area (Å²) in [6, 6.07) is 0. The van der Waals surface area contributed by atoms with Crippen molar-refractivity contribution in [3.05, 3.63) is 11.2 Å². The number of rotatable bonds is 1. The first-order valence-corrected chi connectivity index (χ1v) is 6.10. The molecular formula is C5H8N4O3PS+. The van der Waals surface area contributed by atoms with Crippen molar-refractivity contribution in [1.29, 1.82) is 0 Å². The fraction of sp³-hybridized carbons (Fsp3) is 0.200. The van der Waals surface area contributed by atoms with E-state index < -0.39 is 7.60 Å². The lowest BCUT2D eigenvalue weighted by Gasteiger charge is -1.94. The molecule has 2 rings (SSSR count). The van der Waals surface area contributed by atoms with Crippen LogP contribution in [-0.2, 0) is 4.57 Å². The molecule has 0 aliphatic carbocycles. The molecule has 76 valence electrons. The molecule has 0 spiro atoms. The fourth-order valence-corrected chi connectivity index (χ4v) is 3.04. The zero-order valence-corrected chi connectivity index (χ0v) is 8.87. The molecule has 0 saturated carbocycles. The van der Waals surface area contributed by atoms with Crippen LogP contribution in [0.2, 0.25) is 0 Å². The molecule has 0 aromatic carbocycles. The second-order valence-corrected chi connectivity index (χ2v) is 5.13.